The first-order chi connectivity index (χ1) is 13.5. The third kappa shape index (κ3) is 3.03. The van der Waals surface area contributed by atoms with Crippen LogP contribution in [0.3, 0.4) is 0 Å². The number of esters is 1. The molecule has 0 amide bonds. The minimum atomic E-state index is -0.910. The summed E-state index contributed by atoms with van der Waals surface area (Å²) in [5.41, 5.74) is 1.78. The van der Waals surface area contributed by atoms with Gasteiger partial charge in [-0.05, 0) is 43.0 Å². The number of rotatable bonds is 5. The molecule has 0 aliphatic rings. The molecule has 28 heavy (non-hydrogen) atoms. The van der Waals surface area contributed by atoms with Crippen molar-refractivity contribution in [3.63, 3.8) is 0 Å². The van der Waals surface area contributed by atoms with Crippen molar-refractivity contribution in [1.29, 1.82) is 0 Å². The molecule has 0 spiro atoms. The Morgan fingerprint density at radius 3 is 2.64 bits per heavy atom. The summed E-state index contributed by atoms with van der Waals surface area (Å²) in [6, 6.07) is 13.7. The van der Waals surface area contributed by atoms with Crippen molar-refractivity contribution in [2.45, 2.75) is 19.9 Å². The molecular weight excluding hydrogens is 378 g/mol. The van der Waals surface area contributed by atoms with Gasteiger partial charge in [-0.2, -0.15) is 0 Å². The normalized spacial score (nSPS) is 12.4. The fourth-order valence-corrected chi connectivity index (χ4v) is 4.35. The van der Waals surface area contributed by atoms with Crippen molar-refractivity contribution >= 4 is 44.3 Å². The molecule has 6 nitrogen and oxygen atoms in total. The van der Waals surface area contributed by atoms with E-state index in [1.165, 1.54) is 15.9 Å². The van der Waals surface area contributed by atoms with Crippen LogP contribution in [0.2, 0.25) is 0 Å². The van der Waals surface area contributed by atoms with Crippen LogP contribution in [0.25, 0.3) is 21.2 Å². The first kappa shape index (κ1) is 18.2. The predicted molar refractivity (Wildman–Crippen MR) is 107 cm³/mol. The topological polar surface area (TPSA) is 78.5 Å². The molecule has 2 aromatic heterocycles. The van der Waals surface area contributed by atoms with E-state index in [0.717, 1.165) is 15.6 Å². The number of carbonyl (C=O) groups is 2. The van der Waals surface area contributed by atoms with Crippen LogP contribution in [0, 0.1) is 6.92 Å². The molecule has 0 bridgehead atoms. The number of aryl methyl sites for hydroxylation is 1. The summed E-state index contributed by atoms with van der Waals surface area (Å²) < 4.78 is 12.6. The number of aromatic nitrogens is 1. The number of fused-ring (bicyclic) bond motifs is 2. The Balaban J connectivity index is 1.52. The summed E-state index contributed by atoms with van der Waals surface area (Å²) in [4.78, 5) is 37.7. The highest BCUT2D eigenvalue weighted by atomic mass is 32.1. The van der Waals surface area contributed by atoms with Crippen LogP contribution in [-0.4, -0.2) is 22.9 Å². The lowest BCUT2D eigenvalue weighted by molar-refractivity contribution is -0.146. The van der Waals surface area contributed by atoms with Crippen LogP contribution < -0.4 is 5.76 Å². The minimum Gasteiger partial charge on any atom is -0.456 e. The van der Waals surface area contributed by atoms with Gasteiger partial charge in [-0.3, -0.25) is 9.36 Å². The van der Waals surface area contributed by atoms with Gasteiger partial charge in [-0.25, -0.2) is 9.59 Å². The quantitative estimate of drug-likeness (QED) is 0.375. The summed E-state index contributed by atoms with van der Waals surface area (Å²) in [5, 5.41) is 1.02. The number of hydrogen-bond acceptors (Lipinski definition) is 6. The number of para-hydroxylation sites is 2. The van der Waals surface area contributed by atoms with E-state index in [1.54, 1.807) is 31.2 Å². The number of Topliss-reactive ketones (excluding diaryl/α,β-unsaturated/α-hetero) is 1. The SMILES string of the molecule is Cc1c(C(=O)COC(=O)C(C)n2c(=O)oc3ccccc32)sc2ccccc12. The zero-order valence-corrected chi connectivity index (χ0v) is 16.1. The van der Waals surface area contributed by atoms with Gasteiger partial charge in [-0.1, -0.05) is 30.3 Å². The number of oxazole rings is 1. The number of carbonyl (C=O) groups excluding carboxylic acids is 2. The second kappa shape index (κ2) is 7.09. The first-order valence-corrected chi connectivity index (χ1v) is 9.57. The summed E-state index contributed by atoms with van der Waals surface area (Å²) in [7, 11) is 0. The van der Waals surface area contributed by atoms with Crippen LogP contribution in [0.15, 0.2) is 57.7 Å². The number of nitrogens with zero attached hydrogens (tertiary/aromatic N) is 1. The van der Waals surface area contributed by atoms with E-state index >= 15 is 0 Å². The molecule has 0 aliphatic carbocycles. The maximum atomic E-state index is 12.6. The number of benzene rings is 2. The average Bonchev–Trinajstić information content (AvgIpc) is 3.22. The van der Waals surface area contributed by atoms with E-state index in [-0.39, 0.29) is 12.4 Å². The van der Waals surface area contributed by atoms with Crippen LogP contribution in [-0.2, 0) is 9.53 Å². The lowest BCUT2D eigenvalue weighted by Crippen LogP contribution is -2.27. The van der Waals surface area contributed by atoms with E-state index in [2.05, 4.69) is 0 Å². The second-order valence-electron chi connectivity index (χ2n) is 6.46. The van der Waals surface area contributed by atoms with Gasteiger partial charge in [0.25, 0.3) is 0 Å². The molecule has 0 aliphatic heterocycles. The summed E-state index contributed by atoms with van der Waals surface area (Å²) in [6.45, 7) is 3.05. The standard InChI is InChI=1S/C21H17NO5S/c1-12-14-7-3-6-10-18(14)28-19(12)16(23)11-26-20(24)13(2)22-15-8-4-5-9-17(15)27-21(22)25/h3-10,13H,11H2,1-2H3. The highest BCUT2D eigenvalue weighted by molar-refractivity contribution is 7.21. The van der Waals surface area contributed by atoms with Crippen LogP contribution in [0.4, 0.5) is 0 Å². The van der Waals surface area contributed by atoms with E-state index < -0.39 is 17.8 Å². The smallest absolute Gasteiger partial charge is 0.420 e. The van der Waals surface area contributed by atoms with Crippen molar-refractivity contribution in [1.82, 2.24) is 4.57 Å². The fraction of sp³-hybridized carbons (Fsp3) is 0.190. The Labute approximate surface area is 164 Å². The largest absolute Gasteiger partial charge is 0.456 e. The van der Waals surface area contributed by atoms with Crippen LogP contribution >= 0.6 is 11.3 Å². The molecule has 4 rings (SSSR count). The Bertz CT molecular complexity index is 1260. The lowest BCUT2D eigenvalue weighted by atomic mass is 10.1. The Morgan fingerprint density at radius 2 is 1.86 bits per heavy atom. The highest BCUT2D eigenvalue weighted by Gasteiger charge is 2.24. The van der Waals surface area contributed by atoms with E-state index in [1.807, 2.05) is 31.2 Å². The third-order valence-corrected chi connectivity index (χ3v) is 6.00. The molecule has 0 saturated carbocycles. The Kier molecular flexibility index (Phi) is 4.60. The molecule has 2 heterocycles. The van der Waals surface area contributed by atoms with Gasteiger partial charge < -0.3 is 9.15 Å². The van der Waals surface area contributed by atoms with Gasteiger partial charge in [0.1, 0.15) is 6.04 Å². The van der Waals surface area contributed by atoms with Gasteiger partial charge in [0.2, 0.25) is 5.78 Å². The van der Waals surface area contributed by atoms with Gasteiger partial charge in [0.15, 0.2) is 12.2 Å². The zero-order chi connectivity index (χ0) is 19.8. The van der Waals surface area contributed by atoms with Gasteiger partial charge in [0.05, 0.1) is 10.4 Å². The van der Waals surface area contributed by atoms with Crippen LogP contribution in [0.5, 0.6) is 0 Å². The Hall–Kier alpha value is -3.19. The molecular formula is C21H17NO5S. The third-order valence-electron chi connectivity index (χ3n) is 4.69. The monoisotopic (exact) mass is 395 g/mol. The number of thiophene rings is 1. The van der Waals surface area contributed by atoms with Crippen molar-refractivity contribution in [2.75, 3.05) is 6.61 Å². The minimum absolute atomic E-state index is 0.261. The maximum Gasteiger partial charge on any atom is 0.420 e. The number of hydrogen-bond donors (Lipinski definition) is 0. The molecule has 0 saturated heterocycles. The zero-order valence-electron chi connectivity index (χ0n) is 15.3. The van der Waals surface area contributed by atoms with Crippen molar-refractivity contribution in [2.24, 2.45) is 0 Å². The van der Waals surface area contributed by atoms with Crippen molar-refractivity contribution < 1.29 is 18.7 Å². The summed E-state index contributed by atoms with van der Waals surface area (Å²) in [5.74, 6) is -1.57. The second-order valence-corrected chi connectivity index (χ2v) is 7.52. The summed E-state index contributed by atoms with van der Waals surface area (Å²) >= 11 is 1.38. The number of ketones is 1. The first-order valence-electron chi connectivity index (χ1n) is 8.75. The highest BCUT2D eigenvalue weighted by Crippen LogP contribution is 2.31. The van der Waals surface area contributed by atoms with Gasteiger partial charge in [-0.15, -0.1) is 11.3 Å². The van der Waals surface area contributed by atoms with E-state index in [0.29, 0.717) is 16.0 Å². The fourth-order valence-electron chi connectivity index (χ4n) is 3.22. The lowest BCUT2D eigenvalue weighted by Gasteiger charge is -2.12. The molecule has 2 aromatic carbocycles. The molecule has 1 unspecified atom stereocenters. The number of ether oxygens (including phenoxy) is 1. The van der Waals surface area contributed by atoms with E-state index in [4.69, 9.17) is 9.15 Å². The molecule has 142 valence electrons. The van der Waals surface area contributed by atoms with E-state index in [9.17, 15) is 14.4 Å². The Morgan fingerprint density at radius 1 is 1.14 bits per heavy atom. The maximum absolute atomic E-state index is 12.6. The molecule has 0 radical (unpaired) electrons. The van der Waals surface area contributed by atoms with Gasteiger partial charge >= 0.3 is 11.7 Å². The molecule has 4 aromatic rings. The van der Waals surface area contributed by atoms with Gasteiger partial charge in [0, 0.05) is 4.70 Å². The van der Waals surface area contributed by atoms with Crippen LogP contribution in [0.1, 0.15) is 28.2 Å². The molecule has 1 atom stereocenters. The predicted octanol–water partition coefficient (Wildman–Crippen LogP) is 4.10. The molecule has 7 heteroatoms. The molecule has 0 fully saturated rings. The van der Waals surface area contributed by atoms with Crippen molar-refractivity contribution in [3.05, 3.63) is 69.5 Å². The molecule has 0 N–H and O–H groups in total. The summed E-state index contributed by atoms with van der Waals surface area (Å²) in [6.07, 6.45) is 0. The van der Waals surface area contributed by atoms with Crippen molar-refractivity contribution in [3.8, 4) is 0 Å². The average molecular weight is 395 g/mol.